The molecule has 1 N–H and O–H groups in total. The number of hydrogen-bond donors (Lipinski definition) is 1. The Balaban J connectivity index is 1.59. The monoisotopic (exact) mass is 379 g/mol. The van der Waals surface area contributed by atoms with Crippen LogP contribution in [0.2, 0.25) is 0 Å². The van der Waals surface area contributed by atoms with Gasteiger partial charge in [0.05, 0.1) is 24.3 Å². The molecule has 28 heavy (non-hydrogen) atoms. The largest absolute Gasteiger partial charge is 0.388 e. The molecule has 3 aromatic rings. The summed E-state index contributed by atoms with van der Waals surface area (Å²) in [4.78, 5) is 18.4. The molecule has 1 aromatic heterocycles. The van der Waals surface area contributed by atoms with Gasteiger partial charge in [-0.1, -0.05) is 60.7 Å². The van der Waals surface area contributed by atoms with E-state index in [9.17, 15) is 14.3 Å². The molecular weight excluding hydrogens is 357 g/mol. The lowest BCUT2D eigenvalue weighted by Gasteiger charge is -2.16. The number of halogens is 1. The number of imidazole rings is 1. The molecule has 6 heteroatoms. The molecule has 0 unspecified atom stereocenters. The Hall–Kier alpha value is -2.99. The van der Waals surface area contributed by atoms with Crippen molar-refractivity contribution in [3.05, 3.63) is 67.0 Å². The zero-order valence-electron chi connectivity index (χ0n) is 15.4. The standard InChI is InChI=1S/C22H22FN3O2/c23-18-13-26(14-19(18)27)20(28)11-12-25-15-24-21(16-7-3-1-4-8-16)22(25)17-9-5-2-6-10-17/h1-10,15,18-19,27H,11-14H2/t18-,19-/m1/s1. The van der Waals surface area contributed by atoms with E-state index in [1.165, 1.54) is 4.90 Å². The molecule has 4 rings (SSSR count). The summed E-state index contributed by atoms with van der Waals surface area (Å²) in [6, 6.07) is 19.9. The Morgan fingerprint density at radius 3 is 2.29 bits per heavy atom. The highest BCUT2D eigenvalue weighted by atomic mass is 19.1. The molecule has 1 saturated heterocycles. The van der Waals surface area contributed by atoms with E-state index in [-0.39, 0.29) is 25.4 Å². The summed E-state index contributed by atoms with van der Waals surface area (Å²) in [6.07, 6.45) is -0.470. The molecule has 2 aromatic carbocycles. The second-order valence-electron chi connectivity index (χ2n) is 7.00. The zero-order valence-corrected chi connectivity index (χ0v) is 15.4. The maximum absolute atomic E-state index is 13.5. The van der Waals surface area contributed by atoms with Crippen molar-refractivity contribution in [2.24, 2.45) is 0 Å². The number of nitrogens with zero attached hydrogens (tertiary/aromatic N) is 3. The van der Waals surface area contributed by atoms with E-state index >= 15 is 0 Å². The van der Waals surface area contributed by atoms with Crippen LogP contribution in [0.15, 0.2) is 67.0 Å². The fraction of sp³-hybridized carbons (Fsp3) is 0.273. The minimum atomic E-state index is -1.36. The third-order valence-corrected chi connectivity index (χ3v) is 5.07. The van der Waals surface area contributed by atoms with Crippen LogP contribution in [0.3, 0.4) is 0 Å². The molecule has 2 atom stereocenters. The van der Waals surface area contributed by atoms with Gasteiger partial charge in [0.25, 0.3) is 0 Å². The van der Waals surface area contributed by atoms with Crippen LogP contribution in [0.1, 0.15) is 6.42 Å². The predicted molar refractivity (Wildman–Crippen MR) is 105 cm³/mol. The lowest BCUT2D eigenvalue weighted by Crippen LogP contribution is -2.30. The van der Waals surface area contributed by atoms with Gasteiger partial charge < -0.3 is 14.6 Å². The molecule has 0 bridgehead atoms. The normalized spacial score (nSPS) is 19.1. The Bertz CT molecular complexity index is 933. The van der Waals surface area contributed by atoms with Gasteiger partial charge in [0.1, 0.15) is 12.3 Å². The summed E-state index contributed by atoms with van der Waals surface area (Å²) in [7, 11) is 0. The number of amides is 1. The highest BCUT2D eigenvalue weighted by Gasteiger charge is 2.33. The lowest BCUT2D eigenvalue weighted by atomic mass is 10.0. The van der Waals surface area contributed by atoms with Crippen molar-refractivity contribution in [2.75, 3.05) is 13.1 Å². The molecule has 1 aliphatic heterocycles. The van der Waals surface area contributed by atoms with Crippen molar-refractivity contribution >= 4 is 5.91 Å². The van der Waals surface area contributed by atoms with E-state index in [1.807, 2.05) is 65.2 Å². The van der Waals surface area contributed by atoms with Crippen molar-refractivity contribution in [1.82, 2.24) is 14.5 Å². The van der Waals surface area contributed by atoms with Crippen LogP contribution in [-0.2, 0) is 11.3 Å². The number of carbonyl (C=O) groups is 1. The number of carbonyl (C=O) groups excluding carboxylic acids is 1. The van der Waals surface area contributed by atoms with Crippen molar-refractivity contribution in [1.29, 1.82) is 0 Å². The molecule has 1 fully saturated rings. The van der Waals surface area contributed by atoms with Gasteiger partial charge >= 0.3 is 0 Å². The molecule has 144 valence electrons. The predicted octanol–water partition coefficient (Wildman–Crippen LogP) is 3.15. The van der Waals surface area contributed by atoms with Crippen LogP contribution in [-0.4, -0.2) is 50.8 Å². The van der Waals surface area contributed by atoms with E-state index < -0.39 is 12.3 Å². The lowest BCUT2D eigenvalue weighted by molar-refractivity contribution is -0.130. The average molecular weight is 379 g/mol. The third-order valence-electron chi connectivity index (χ3n) is 5.07. The summed E-state index contributed by atoms with van der Waals surface area (Å²) in [5.41, 5.74) is 3.84. The van der Waals surface area contributed by atoms with Gasteiger partial charge in [0.15, 0.2) is 0 Å². The SMILES string of the molecule is O=C(CCn1cnc(-c2ccccc2)c1-c1ccccc1)N1C[C@@H](O)[C@H](F)C1. The van der Waals surface area contributed by atoms with Gasteiger partial charge in [-0.05, 0) is 0 Å². The number of alkyl halides is 1. The molecule has 5 nitrogen and oxygen atoms in total. The summed E-state index contributed by atoms with van der Waals surface area (Å²) in [5.74, 6) is -0.159. The maximum Gasteiger partial charge on any atom is 0.224 e. The van der Waals surface area contributed by atoms with Gasteiger partial charge in [0, 0.05) is 30.6 Å². The average Bonchev–Trinajstić information content (AvgIpc) is 3.31. The van der Waals surface area contributed by atoms with Gasteiger partial charge in [-0.3, -0.25) is 4.79 Å². The topological polar surface area (TPSA) is 58.4 Å². The van der Waals surface area contributed by atoms with E-state index in [2.05, 4.69) is 4.98 Å². The molecule has 1 amide bonds. The number of hydrogen-bond acceptors (Lipinski definition) is 3. The van der Waals surface area contributed by atoms with Crippen molar-refractivity contribution in [3.8, 4) is 22.5 Å². The van der Waals surface area contributed by atoms with Crippen molar-refractivity contribution in [3.63, 3.8) is 0 Å². The van der Waals surface area contributed by atoms with Crippen molar-refractivity contribution in [2.45, 2.75) is 25.2 Å². The number of benzene rings is 2. The van der Waals surface area contributed by atoms with Gasteiger partial charge in [-0.15, -0.1) is 0 Å². The van der Waals surface area contributed by atoms with Gasteiger partial charge in [0.2, 0.25) is 5.91 Å². The summed E-state index contributed by atoms with van der Waals surface area (Å²) < 4.78 is 15.5. The van der Waals surface area contributed by atoms with Crippen molar-refractivity contribution < 1.29 is 14.3 Å². The second-order valence-corrected chi connectivity index (χ2v) is 7.00. The smallest absolute Gasteiger partial charge is 0.224 e. The minimum Gasteiger partial charge on any atom is -0.388 e. The first kappa shape index (κ1) is 18.4. The summed E-state index contributed by atoms with van der Waals surface area (Å²) in [6.45, 7) is 0.460. The fourth-order valence-corrected chi connectivity index (χ4v) is 3.58. The molecule has 0 saturated carbocycles. The van der Waals surface area contributed by atoms with Crippen LogP contribution >= 0.6 is 0 Å². The van der Waals surface area contributed by atoms with Crippen LogP contribution < -0.4 is 0 Å². The molecule has 2 heterocycles. The second kappa shape index (κ2) is 7.94. The molecule has 1 aliphatic rings. The molecular formula is C22H22FN3O2. The van der Waals surface area contributed by atoms with Crippen LogP contribution in [0.25, 0.3) is 22.5 Å². The number of aromatic nitrogens is 2. The van der Waals surface area contributed by atoms with E-state index in [0.717, 1.165) is 22.5 Å². The first-order valence-electron chi connectivity index (χ1n) is 9.39. The maximum atomic E-state index is 13.5. The van der Waals surface area contributed by atoms with Crippen LogP contribution in [0.5, 0.6) is 0 Å². The fourth-order valence-electron chi connectivity index (χ4n) is 3.58. The number of aliphatic hydroxyl groups excluding tert-OH is 1. The summed E-state index contributed by atoms with van der Waals surface area (Å²) >= 11 is 0. The number of aliphatic hydroxyl groups is 1. The number of likely N-dealkylation sites (tertiary alicyclic amines) is 1. The highest BCUT2D eigenvalue weighted by Crippen LogP contribution is 2.31. The Labute approximate surface area is 163 Å². The number of aryl methyl sites for hydroxylation is 1. The van der Waals surface area contributed by atoms with Crippen LogP contribution in [0, 0.1) is 0 Å². The van der Waals surface area contributed by atoms with Gasteiger partial charge in [-0.25, -0.2) is 9.37 Å². The Kier molecular flexibility index (Phi) is 5.21. The zero-order chi connectivity index (χ0) is 19.5. The first-order valence-corrected chi connectivity index (χ1v) is 9.39. The molecule has 0 spiro atoms. The third kappa shape index (κ3) is 3.68. The summed E-state index contributed by atoms with van der Waals surface area (Å²) in [5, 5.41) is 9.54. The van der Waals surface area contributed by atoms with E-state index in [4.69, 9.17) is 0 Å². The molecule has 0 radical (unpaired) electrons. The Morgan fingerprint density at radius 1 is 1.04 bits per heavy atom. The Morgan fingerprint density at radius 2 is 1.68 bits per heavy atom. The van der Waals surface area contributed by atoms with Crippen LogP contribution in [0.4, 0.5) is 4.39 Å². The number of rotatable bonds is 5. The number of β-amino-alcohol motifs (C(OH)–C–C–N with tert-alkyl or cyclic N) is 1. The molecule has 0 aliphatic carbocycles. The minimum absolute atomic E-state index is 0.0370. The van der Waals surface area contributed by atoms with E-state index in [1.54, 1.807) is 6.33 Å². The quantitative estimate of drug-likeness (QED) is 0.741. The van der Waals surface area contributed by atoms with Gasteiger partial charge in [-0.2, -0.15) is 0 Å². The van der Waals surface area contributed by atoms with E-state index in [0.29, 0.717) is 6.54 Å². The highest BCUT2D eigenvalue weighted by molar-refractivity contribution is 5.79. The first-order chi connectivity index (χ1) is 13.6.